The van der Waals surface area contributed by atoms with Gasteiger partial charge in [-0.1, -0.05) is 6.92 Å². The van der Waals surface area contributed by atoms with Gasteiger partial charge in [-0.3, -0.25) is 9.68 Å². The second kappa shape index (κ2) is 8.23. The van der Waals surface area contributed by atoms with E-state index in [-0.39, 0.29) is 6.42 Å². The highest BCUT2D eigenvalue weighted by Crippen LogP contribution is 2.11. The standard InChI is InChI=1S/C10H18O5/c1-4-8(7-9(11)13-5-2)10(12)15-14-6-3/h8H,4-7H2,1-3H3. The van der Waals surface area contributed by atoms with Gasteiger partial charge in [-0.2, -0.15) is 4.89 Å². The molecular weight excluding hydrogens is 200 g/mol. The van der Waals surface area contributed by atoms with Gasteiger partial charge in [-0.15, -0.1) is 0 Å². The molecule has 0 fully saturated rings. The van der Waals surface area contributed by atoms with E-state index in [1.807, 2.05) is 0 Å². The van der Waals surface area contributed by atoms with Gasteiger partial charge >= 0.3 is 11.9 Å². The van der Waals surface area contributed by atoms with Crippen molar-refractivity contribution in [1.82, 2.24) is 0 Å². The zero-order valence-electron chi connectivity index (χ0n) is 9.45. The van der Waals surface area contributed by atoms with E-state index < -0.39 is 17.9 Å². The lowest BCUT2D eigenvalue weighted by molar-refractivity contribution is -0.273. The molecule has 5 heteroatoms. The fourth-order valence-corrected chi connectivity index (χ4v) is 1.00. The first-order valence-corrected chi connectivity index (χ1v) is 5.14. The van der Waals surface area contributed by atoms with E-state index in [2.05, 4.69) is 9.78 Å². The molecule has 5 nitrogen and oxygen atoms in total. The number of carbonyl (C=O) groups is 2. The molecule has 0 saturated heterocycles. The predicted octanol–water partition coefficient (Wildman–Crippen LogP) is 1.46. The van der Waals surface area contributed by atoms with E-state index in [1.54, 1.807) is 20.8 Å². The Hall–Kier alpha value is -1.10. The Labute approximate surface area is 89.6 Å². The molecule has 88 valence electrons. The Bertz CT molecular complexity index is 202. The van der Waals surface area contributed by atoms with Crippen LogP contribution in [0, 0.1) is 5.92 Å². The maximum atomic E-state index is 11.3. The highest BCUT2D eigenvalue weighted by molar-refractivity contribution is 5.79. The third-order valence-electron chi connectivity index (χ3n) is 1.80. The first kappa shape index (κ1) is 13.9. The van der Waals surface area contributed by atoms with Gasteiger partial charge < -0.3 is 4.74 Å². The fourth-order valence-electron chi connectivity index (χ4n) is 1.00. The summed E-state index contributed by atoms with van der Waals surface area (Å²) in [7, 11) is 0. The summed E-state index contributed by atoms with van der Waals surface area (Å²) in [6.07, 6.45) is 0.557. The van der Waals surface area contributed by atoms with Crippen molar-refractivity contribution in [1.29, 1.82) is 0 Å². The van der Waals surface area contributed by atoms with Gasteiger partial charge in [0.25, 0.3) is 0 Å². The molecule has 0 aliphatic rings. The average Bonchev–Trinajstić information content (AvgIpc) is 2.22. The van der Waals surface area contributed by atoms with E-state index in [9.17, 15) is 9.59 Å². The second-order valence-corrected chi connectivity index (χ2v) is 2.92. The van der Waals surface area contributed by atoms with Crippen molar-refractivity contribution in [2.24, 2.45) is 5.92 Å². The maximum absolute atomic E-state index is 11.3. The molecule has 0 spiro atoms. The van der Waals surface area contributed by atoms with E-state index in [0.29, 0.717) is 19.6 Å². The quantitative estimate of drug-likeness (QED) is 0.368. The molecule has 0 heterocycles. The molecule has 0 saturated carbocycles. The minimum absolute atomic E-state index is 0.0379. The van der Waals surface area contributed by atoms with E-state index >= 15 is 0 Å². The van der Waals surface area contributed by atoms with Gasteiger partial charge in [0, 0.05) is 0 Å². The molecule has 0 aromatic heterocycles. The van der Waals surface area contributed by atoms with E-state index in [1.165, 1.54) is 0 Å². The minimum Gasteiger partial charge on any atom is -0.466 e. The van der Waals surface area contributed by atoms with Crippen LogP contribution in [0.2, 0.25) is 0 Å². The number of carbonyl (C=O) groups excluding carboxylic acids is 2. The summed E-state index contributed by atoms with van der Waals surface area (Å²) in [6, 6.07) is 0. The Morgan fingerprint density at radius 1 is 1.13 bits per heavy atom. The van der Waals surface area contributed by atoms with Gasteiger partial charge in [-0.25, -0.2) is 4.79 Å². The summed E-state index contributed by atoms with van der Waals surface area (Å²) in [5, 5.41) is 0. The number of ether oxygens (including phenoxy) is 1. The van der Waals surface area contributed by atoms with Crippen molar-refractivity contribution < 1.29 is 24.1 Å². The first-order valence-electron chi connectivity index (χ1n) is 5.14. The second-order valence-electron chi connectivity index (χ2n) is 2.92. The summed E-state index contributed by atoms with van der Waals surface area (Å²) in [6.45, 7) is 5.84. The van der Waals surface area contributed by atoms with Crippen molar-refractivity contribution in [3.63, 3.8) is 0 Å². The van der Waals surface area contributed by atoms with Gasteiger partial charge in [-0.05, 0) is 20.3 Å². The molecule has 0 bridgehead atoms. The normalized spacial score (nSPS) is 11.9. The molecule has 0 aromatic carbocycles. The summed E-state index contributed by atoms with van der Waals surface area (Å²) in [5.41, 5.74) is 0. The number of esters is 1. The molecule has 0 aliphatic carbocycles. The lowest BCUT2D eigenvalue weighted by atomic mass is 10.0. The number of hydrogen-bond donors (Lipinski definition) is 0. The number of rotatable bonds is 7. The molecule has 1 atom stereocenters. The minimum atomic E-state index is -0.521. The average molecular weight is 218 g/mol. The molecular formula is C10H18O5. The van der Waals surface area contributed by atoms with Gasteiger partial charge in [0.2, 0.25) is 0 Å². The summed E-state index contributed by atoms with van der Waals surface area (Å²) < 4.78 is 4.74. The fraction of sp³-hybridized carbons (Fsp3) is 0.800. The van der Waals surface area contributed by atoms with Crippen LogP contribution in [0.1, 0.15) is 33.6 Å². The molecule has 1 unspecified atom stereocenters. The molecule has 0 radical (unpaired) electrons. The summed E-state index contributed by atoms with van der Waals surface area (Å²) >= 11 is 0. The summed E-state index contributed by atoms with van der Waals surface area (Å²) in [5.74, 6) is -1.40. The lowest BCUT2D eigenvalue weighted by Gasteiger charge is -2.11. The highest BCUT2D eigenvalue weighted by Gasteiger charge is 2.23. The van der Waals surface area contributed by atoms with Crippen LogP contribution in [-0.2, 0) is 24.1 Å². The Morgan fingerprint density at radius 2 is 1.80 bits per heavy atom. The largest absolute Gasteiger partial charge is 0.466 e. The lowest BCUT2D eigenvalue weighted by Crippen LogP contribution is -2.21. The first-order chi connectivity index (χ1) is 7.15. The number of hydrogen-bond acceptors (Lipinski definition) is 5. The third kappa shape index (κ3) is 6.06. The van der Waals surface area contributed by atoms with Crippen LogP contribution in [0.15, 0.2) is 0 Å². The zero-order valence-corrected chi connectivity index (χ0v) is 9.45. The summed E-state index contributed by atoms with van der Waals surface area (Å²) in [4.78, 5) is 31.4. The molecule has 0 amide bonds. The smallest absolute Gasteiger partial charge is 0.345 e. The van der Waals surface area contributed by atoms with Crippen LogP contribution in [0.3, 0.4) is 0 Å². The van der Waals surface area contributed by atoms with Crippen molar-refractivity contribution >= 4 is 11.9 Å². The maximum Gasteiger partial charge on any atom is 0.345 e. The third-order valence-corrected chi connectivity index (χ3v) is 1.80. The molecule has 0 rings (SSSR count). The van der Waals surface area contributed by atoms with E-state index in [0.717, 1.165) is 0 Å². The highest BCUT2D eigenvalue weighted by atomic mass is 17.2. The molecule has 15 heavy (non-hydrogen) atoms. The van der Waals surface area contributed by atoms with Crippen molar-refractivity contribution in [2.45, 2.75) is 33.6 Å². The van der Waals surface area contributed by atoms with Crippen LogP contribution in [0.25, 0.3) is 0 Å². The van der Waals surface area contributed by atoms with Crippen molar-refractivity contribution in [3.8, 4) is 0 Å². The van der Waals surface area contributed by atoms with Crippen LogP contribution in [-0.4, -0.2) is 25.2 Å². The van der Waals surface area contributed by atoms with E-state index in [4.69, 9.17) is 4.74 Å². The van der Waals surface area contributed by atoms with Gasteiger partial charge in [0.05, 0.1) is 25.6 Å². The SMILES string of the molecule is CCOOC(=O)C(CC)CC(=O)OCC. The Kier molecular flexibility index (Phi) is 7.62. The van der Waals surface area contributed by atoms with Crippen molar-refractivity contribution in [2.75, 3.05) is 13.2 Å². The Morgan fingerprint density at radius 3 is 2.27 bits per heavy atom. The van der Waals surface area contributed by atoms with Crippen LogP contribution in [0.4, 0.5) is 0 Å². The predicted molar refractivity (Wildman–Crippen MR) is 52.7 cm³/mol. The van der Waals surface area contributed by atoms with Crippen LogP contribution < -0.4 is 0 Å². The van der Waals surface area contributed by atoms with Crippen LogP contribution in [0.5, 0.6) is 0 Å². The molecule has 0 N–H and O–H groups in total. The molecule has 0 aromatic rings. The van der Waals surface area contributed by atoms with Gasteiger partial charge in [0.1, 0.15) is 0 Å². The zero-order chi connectivity index (χ0) is 11.7. The monoisotopic (exact) mass is 218 g/mol. The van der Waals surface area contributed by atoms with Crippen LogP contribution >= 0.6 is 0 Å². The molecule has 0 aliphatic heterocycles. The Balaban J connectivity index is 4.00. The van der Waals surface area contributed by atoms with Gasteiger partial charge in [0.15, 0.2) is 0 Å². The topological polar surface area (TPSA) is 61.8 Å². The van der Waals surface area contributed by atoms with Crippen molar-refractivity contribution in [3.05, 3.63) is 0 Å².